The number of hydrogen-bond donors (Lipinski definition) is 0. The number of halogens is 1. The highest BCUT2D eigenvalue weighted by atomic mass is 35.5. The minimum Gasteiger partial charge on any atom is -0.465 e. The average Bonchev–Trinajstić information content (AvgIpc) is 2.51. The number of anilines is 1. The van der Waals surface area contributed by atoms with E-state index in [1.165, 1.54) is 7.11 Å². The van der Waals surface area contributed by atoms with Gasteiger partial charge >= 0.3 is 5.97 Å². The predicted octanol–water partition coefficient (Wildman–Crippen LogP) is 3.07. The molecular weight excluding hydrogens is 302 g/mol. The van der Waals surface area contributed by atoms with Crippen LogP contribution in [0.15, 0.2) is 25.0 Å². The molecule has 1 saturated heterocycles. The van der Waals surface area contributed by atoms with Crippen molar-refractivity contribution in [3.63, 3.8) is 0 Å². The van der Waals surface area contributed by atoms with Crippen LogP contribution in [0, 0.1) is 0 Å². The minimum absolute atomic E-state index is 0.255. The molecule has 5 nitrogen and oxygen atoms in total. The molecule has 2 aromatic rings. The van der Waals surface area contributed by atoms with E-state index in [1.807, 2.05) is 0 Å². The number of methoxy groups -OCH3 is 1. The molecule has 2 aromatic heterocycles. The van der Waals surface area contributed by atoms with Gasteiger partial charge in [0.1, 0.15) is 11.0 Å². The Labute approximate surface area is 133 Å². The van der Waals surface area contributed by atoms with Crippen LogP contribution in [0.5, 0.6) is 0 Å². The van der Waals surface area contributed by atoms with Crippen LogP contribution in [-0.4, -0.2) is 35.6 Å². The Morgan fingerprint density at radius 1 is 1.41 bits per heavy atom. The van der Waals surface area contributed by atoms with Crippen molar-refractivity contribution in [2.24, 2.45) is 0 Å². The molecular formula is C16H16ClN3O2. The smallest absolute Gasteiger partial charge is 0.337 e. The molecule has 0 N–H and O–H groups in total. The number of pyridine rings is 2. The molecule has 114 valence electrons. The van der Waals surface area contributed by atoms with E-state index in [0.29, 0.717) is 16.8 Å². The molecule has 1 atom stereocenters. The van der Waals surface area contributed by atoms with E-state index in [0.717, 1.165) is 29.6 Å². The first-order valence-electron chi connectivity index (χ1n) is 7.01. The second kappa shape index (κ2) is 5.57. The van der Waals surface area contributed by atoms with Gasteiger partial charge in [-0.3, -0.25) is 0 Å². The number of rotatable bonds is 3. The Kier molecular flexibility index (Phi) is 3.74. The zero-order valence-corrected chi connectivity index (χ0v) is 13.2. The van der Waals surface area contributed by atoms with E-state index in [9.17, 15) is 4.79 Å². The summed E-state index contributed by atoms with van der Waals surface area (Å²) in [6, 6.07) is 2.18. The highest BCUT2D eigenvalue weighted by Gasteiger charge is 2.27. The fraction of sp³-hybridized carbons (Fsp3) is 0.312. The summed E-state index contributed by atoms with van der Waals surface area (Å²) in [5.74, 6) is 0.375. The summed E-state index contributed by atoms with van der Waals surface area (Å²) in [5, 5.41) is 2.03. The minimum atomic E-state index is -0.485. The number of hydrogen-bond acceptors (Lipinski definition) is 5. The van der Waals surface area contributed by atoms with Gasteiger partial charge in [-0.1, -0.05) is 18.2 Å². The Morgan fingerprint density at radius 2 is 2.18 bits per heavy atom. The van der Waals surface area contributed by atoms with Gasteiger partial charge in [0, 0.05) is 35.9 Å². The van der Waals surface area contributed by atoms with Crippen LogP contribution < -0.4 is 4.90 Å². The van der Waals surface area contributed by atoms with Crippen LogP contribution in [0.25, 0.3) is 16.3 Å². The molecule has 6 heteroatoms. The van der Waals surface area contributed by atoms with Gasteiger partial charge in [-0.25, -0.2) is 14.8 Å². The highest BCUT2D eigenvalue weighted by molar-refractivity contribution is 6.30. The number of aromatic nitrogens is 2. The van der Waals surface area contributed by atoms with Gasteiger partial charge in [0.2, 0.25) is 0 Å². The SMILES string of the molecule is C=C(C(=O)OC)c1cnc(N2CCC2C)c2cnc(Cl)cc12. The zero-order valence-electron chi connectivity index (χ0n) is 12.5. The van der Waals surface area contributed by atoms with Crippen molar-refractivity contribution >= 4 is 39.7 Å². The molecule has 0 saturated carbocycles. The molecule has 3 rings (SSSR count). The quantitative estimate of drug-likeness (QED) is 0.495. The van der Waals surface area contributed by atoms with E-state index < -0.39 is 5.97 Å². The van der Waals surface area contributed by atoms with Gasteiger partial charge in [-0.2, -0.15) is 0 Å². The van der Waals surface area contributed by atoms with E-state index in [-0.39, 0.29) is 5.57 Å². The first-order chi connectivity index (χ1) is 10.5. The van der Waals surface area contributed by atoms with Crippen molar-refractivity contribution in [1.82, 2.24) is 9.97 Å². The molecule has 0 bridgehead atoms. The maximum Gasteiger partial charge on any atom is 0.337 e. The number of esters is 1. The van der Waals surface area contributed by atoms with Crippen LogP contribution in [0.1, 0.15) is 18.9 Å². The third-order valence-corrected chi connectivity index (χ3v) is 4.27. The second-order valence-corrected chi connectivity index (χ2v) is 5.74. The average molecular weight is 318 g/mol. The van der Waals surface area contributed by atoms with Crippen LogP contribution in [-0.2, 0) is 9.53 Å². The largest absolute Gasteiger partial charge is 0.465 e. The topological polar surface area (TPSA) is 55.3 Å². The Balaban J connectivity index is 2.19. The van der Waals surface area contributed by atoms with Crippen molar-refractivity contribution in [2.75, 3.05) is 18.6 Å². The fourth-order valence-electron chi connectivity index (χ4n) is 2.63. The molecule has 0 radical (unpaired) electrons. The predicted molar refractivity (Wildman–Crippen MR) is 87.0 cm³/mol. The fourth-order valence-corrected chi connectivity index (χ4v) is 2.79. The standard InChI is InChI=1S/C16H16ClN3O2/c1-9-4-5-20(9)15-13-8-18-14(17)6-11(13)12(7-19-15)10(2)16(21)22-3/h6-9H,2,4-5H2,1,3H3. The van der Waals surface area contributed by atoms with Gasteiger partial charge in [0.15, 0.2) is 0 Å². The molecule has 22 heavy (non-hydrogen) atoms. The number of nitrogens with zero attached hydrogens (tertiary/aromatic N) is 3. The van der Waals surface area contributed by atoms with E-state index in [4.69, 9.17) is 16.3 Å². The molecule has 0 spiro atoms. The Bertz CT molecular complexity index is 775. The summed E-state index contributed by atoms with van der Waals surface area (Å²) in [6.07, 6.45) is 4.48. The molecule has 1 aliphatic heterocycles. The number of carbonyl (C=O) groups excluding carboxylic acids is 1. The molecule has 1 unspecified atom stereocenters. The van der Waals surface area contributed by atoms with Gasteiger partial charge in [-0.05, 0) is 24.8 Å². The maximum atomic E-state index is 11.8. The van der Waals surface area contributed by atoms with Gasteiger partial charge in [0.25, 0.3) is 0 Å². The lowest BCUT2D eigenvalue weighted by Crippen LogP contribution is -2.46. The van der Waals surface area contributed by atoms with Gasteiger partial charge in [0.05, 0.1) is 12.7 Å². The van der Waals surface area contributed by atoms with Crippen LogP contribution in [0.2, 0.25) is 5.15 Å². The lowest BCUT2D eigenvalue weighted by Gasteiger charge is -2.40. The van der Waals surface area contributed by atoms with Crippen LogP contribution in [0.3, 0.4) is 0 Å². The Hall–Kier alpha value is -2.14. The lowest BCUT2D eigenvalue weighted by molar-refractivity contribution is -0.133. The molecule has 1 fully saturated rings. The summed E-state index contributed by atoms with van der Waals surface area (Å²) in [5.41, 5.74) is 0.869. The van der Waals surface area contributed by atoms with E-state index in [2.05, 4.69) is 28.4 Å². The van der Waals surface area contributed by atoms with Crippen molar-refractivity contribution in [3.05, 3.63) is 35.8 Å². The summed E-state index contributed by atoms with van der Waals surface area (Å²) < 4.78 is 4.75. The first kappa shape index (κ1) is 14.8. The van der Waals surface area contributed by atoms with Crippen molar-refractivity contribution in [2.45, 2.75) is 19.4 Å². The molecule has 0 aliphatic carbocycles. The van der Waals surface area contributed by atoms with E-state index in [1.54, 1.807) is 18.5 Å². The molecule has 0 amide bonds. The molecule has 1 aliphatic rings. The highest BCUT2D eigenvalue weighted by Crippen LogP contribution is 2.35. The van der Waals surface area contributed by atoms with Crippen LogP contribution in [0.4, 0.5) is 5.82 Å². The normalized spacial score (nSPS) is 17.2. The number of carbonyl (C=O) groups is 1. The monoisotopic (exact) mass is 317 g/mol. The lowest BCUT2D eigenvalue weighted by atomic mass is 10.00. The maximum absolute atomic E-state index is 11.8. The van der Waals surface area contributed by atoms with E-state index >= 15 is 0 Å². The summed E-state index contributed by atoms with van der Waals surface area (Å²) in [4.78, 5) is 22.7. The van der Waals surface area contributed by atoms with Crippen molar-refractivity contribution in [3.8, 4) is 0 Å². The molecule has 0 aromatic carbocycles. The molecule has 3 heterocycles. The number of ether oxygens (including phenoxy) is 1. The second-order valence-electron chi connectivity index (χ2n) is 5.35. The summed E-state index contributed by atoms with van der Waals surface area (Å²) in [7, 11) is 1.33. The van der Waals surface area contributed by atoms with Crippen molar-refractivity contribution in [1.29, 1.82) is 0 Å². The van der Waals surface area contributed by atoms with Gasteiger partial charge in [-0.15, -0.1) is 0 Å². The Morgan fingerprint density at radius 3 is 2.77 bits per heavy atom. The third kappa shape index (κ3) is 2.31. The zero-order chi connectivity index (χ0) is 15.9. The summed E-state index contributed by atoms with van der Waals surface area (Å²) in [6.45, 7) is 6.92. The first-order valence-corrected chi connectivity index (χ1v) is 7.39. The summed E-state index contributed by atoms with van der Waals surface area (Å²) >= 11 is 6.03. The van der Waals surface area contributed by atoms with Crippen LogP contribution >= 0.6 is 11.6 Å². The third-order valence-electron chi connectivity index (χ3n) is 4.07. The number of fused-ring (bicyclic) bond motifs is 1. The van der Waals surface area contributed by atoms with Crippen molar-refractivity contribution < 1.29 is 9.53 Å². The van der Waals surface area contributed by atoms with Gasteiger partial charge < -0.3 is 9.64 Å².